The van der Waals surface area contributed by atoms with Crippen LogP contribution in [-0.4, -0.2) is 46.9 Å². The number of aromatic nitrogens is 1. The molecule has 25 heavy (non-hydrogen) atoms. The van der Waals surface area contributed by atoms with Crippen molar-refractivity contribution in [3.8, 4) is 0 Å². The van der Waals surface area contributed by atoms with Crippen molar-refractivity contribution in [3.05, 3.63) is 63.3 Å². The summed E-state index contributed by atoms with van der Waals surface area (Å²) >= 11 is 5.95. The van der Waals surface area contributed by atoms with Crippen LogP contribution in [-0.2, 0) is 11.2 Å². The van der Waals surface area contributed by atoms with Gasteiger partial charge in [-0.15, -0.1) is 0 Å². The number of amides is 1. The molecule has 130 valence electrons. The molecule has 1 aliphatic heterocycles. The van der Waals surface area contributed by atoms with Gasteiger partial charge in [-0.1, -0.05) is 23.7 Å². The summed E-state index contributed by atoms with van der Waals surface area (Å²) in [5.74, 6) is 0.381. The maximum absolute atomic E-state index is 12.4. The van der Waals surface area contributed by atoms with Gasteiger partial charge in [-0.05, 0) is 23.8 Å². The molecule has 0 spiro atoms. The normalized spacial score (nSPS) is 14.4. The lowest BCUT2D eigenvalue weighted by molar-refractivity contribution is -0.384. The van der Waals surface area contributed by atoms with E-state index in [-0.39, 0.29) is 11.6 Å². The van der Waals surface area contributed by atoms with E-state index in [2.05, 4.69) is 4.98 Å². The maximum Gasteiger partial charge on any atom is 0.311 e. The molecule has 0 bridgehead atoms. The minimum Gasteiger partial charge on any atom is -0.347 e. The van der Waals surface area contributed by atoms with Gasteiger partial charge in [0.15, 0.2) is 0 Å². The van der Waals surface area contributed by atoms with E-state index < -0.39 is 4.92 Å². The minimum absolute atomic E-state index is 0.0128. The minimum atomic E-state index is -0.432. The standard InChI is InChI=1S/C17H17ClN4O3/c18-14-4-1-3-13(11-14)12-16(23)20-7-9-21(10-8-20)17-15(22(24)25)5-2-6-19-17/h1-6,11H,7-10,12H2. The highest BCUT2D eigenvalue weighted by Gasteiger charge is 2.26. The summed E-state index contributed by atoms with van der Waals surface area (Å²) < 4.78 is 0. The Morgan fingerprint density at radius 2 is 1.96 bits per heavy atom. The van der Waals surface area contributed by atoms with E-state index in [1.165, 1.54) is 6.07 Å². The Labute approximate surface area is 150 Å². The fraction of sp³-hybridized carbons (Fsp3) is 0.294. The van der Waals surface area contributed by atoms with E-state index in [9.17, 15) is 14.9 Å². The third-order valence-corrected chi connectivity index (χ3v) is 4.37. The molecule has 0 saturated carbocycles. The summed E-state index contributed by atoms with van der Waals surface area (Å²) in [4.78, 5) is 30.9. The molecule has 0 unspecified atom stereocenters. The summed E-state index contributed by atoms with van der Waals surface area (Å²) in [6.45, 7) is 2.04. The molecule has 1 aromatic carbocycles. The van der Waals surface area contributed by atoms with Gasteiger partial charge >= 0.3 is 5.69 Å². The van der Waals surface area contributed by atoms with Gasteiger partial charge in [0, 0.05) is 43.5 Å². The average Bonchev–Trinajstić information content (AvgIpc) is 2.62. The van der Waals surface area contributed by atoms with Gasteiger partial charge in [0.2, 0.25) is 11.7 Å². The molecule has 1 fully saturated rings. The molecule has 0 N–H and O–H groups in total. The topological polar surface area (TPSA) is 79.6 Å². The van der Waals surface area contributed by atoms with Crippen molar-refractivity contribution in [1.82, 2.24) is 9.88 Å². The van der Waals surface area contributed by atoms with Crippen LogP contribution in [0.5, 0.6) is 0 Å². The summed E-state index contributed by atoms with van der Waals surface area (Å²) in [5, 5.41) is 11.7. The van der Waals surface area contributed by atoms with Gasteiger partial charge in [-0.2, -0.15) is 0 Å². The second kappa shape index (κ2) is 7.48. The van der Waals surface area contributed by atoms with Gasteiger partial charge in [0.05, 0.1) is 11.3 Å². The highest BCUT2D eigenvalue weighted by Crippen LogP contribution is 2.25. The number of carbonyl (C=O) groups is 1. The number of pyridine rings is 1. The first kappa shape index (κ1) is 17.2. The molecule has 1 saturated heterocycles. The van der Waals surface area contributed by atoms with Crippen molar-refractivity contribution >= 4 is 29.0 Å². The zero-order valence-corrected chi connectivity index (χ0v) is 14.2. The van der Waals surface area contributed by atoms with Gasteiger partial charge in [-0.25, -0.2) is 4.98 Å². The maximum atomic E-state index is 12.4. The number of piperazine rings is 1. The molecule has 1 aromatic heterocycles. The lowest BCUT2D eigenvalue weighted by Crippen LogP contribution is -2.49. The third-order valence-electron chi connectivity index (χ3n) is 4.14. The van der Waals surface area contributed by atoms with E-state index >= 15 is 0 Å². The molecule has 0 atom stereocenters. The molecular formula is C17H17ClN4O3. The van der Waals surface area contributed by atoms with E-state index in [4.69, 9.17) is 11.6 Å². The largest absolute Gasteiger partial charge is 0.347 e. The molecular weight excluding hydrogens is 344 g/mol. The number of hydrogen-bond donors (Lipinski definition) is 0. The third kappa shape index (κ3) is 4.06. The van der Waals surface area contributed by atoms with Crippen molar-refractivity contribution in [2.45, 2.75) is 6.42 Å². The Bertz CT molecular complexity index is 791. The number of halogens is 1. The van der Waals surface area contributed by atoms with Crippen LogP contribution in [0.25, 0.3) is 0 Å². The summed E-state index contributed by atoms with van der Waals surface area (Å²) in [5.41, 5.74) is 0.862. The molecule has 0 radical (unpaired) electrons. The van der Waals surface area contributed by atoms with E-state index in [1.54, 1.807) is 29.3 Å². The Kier molecular flexibility index (Phi) is 5.14. The molecule has 7 nitrogen and oxygen atoms in total. The molecule has 2 aromatic rings. The van der Waals surface area contributed by atoms with E-state index in [0.29, 0.717) is 43.4 Å². The molecule has 0 aliphatic carbocycles. The lowest BCUT2D eigenvalue weighted by atomic mass is 10.1. The van der Waals surface area contributed by atoms with Crippen LogP contribution in [0.15, 0.2) is 42.6 Å². The van der Waals surface area contributed by atoms with Crippen molar-refractivity contribution in [2.75, 3.05) is 31.1 Å². The molecule has 1 aliphatic rings. The Morgan fingerprint density at radius 1 is 1.20 bits per heavy atom. The number of nitro groups is 1. The van der Waals surface area contributed by atoms with Gasteiger partial charge in [0.1, 0.15) is 0 Å². The van der Waals surface area contributed by atoms with E-state index in [0.717, 1.165) is 5.56 Å². The Morgan fingerprint density at radius 3 is 2.64 bits per heavy atom. The smallest absolute Gasteiger partial charge is 0.311 e. The Balaban J connectivity index is 1.62. The van der Waals surface area contributed by atoms with Crippen LogP contribution in [0.2, 0.25) is 5.02 Å². The fourth-order valence-electron chi connectivity index (χ4n) is 2.88. The predicted octanol–water partition coefficient (Wildman–Crippen LogP) is 2.53. The van der Waals surface area contributed by atoms with Gasteiger partial charge < -0.3 is 9.80 Å². The molecule has 3 rings (SSSR count). The monoisotopic (exact) mass is 360 g/mol. The van der Waals surface area contributed by atoms with E-state index in [1.807, 2.05) is 17.0 Å². The van der Waals surface area contributed by atoms with Crippen LogP contribution >= 0.6 is 11.6 Å². The second-order valence-electron chi connectivity index (χ2n) is 5.78. The molecule has 1 amide bonds. The van der Waals surface area contributed by atoms with Crippen molar-refractivity contribution in [1.29, 1.82) is 0 Å². The summed E-state index contributed by atoms with van der Waals surface area (Å²) in [7, 11) is 0. The lowest BCUT2D eigenvalue weighted by Gasteiger charge is -2.35. The van der Waals surface area contributed by atoms with Crippen LogP contribution in [0.1, 0.15) is 5.56 Å². The van der Waals surface area contributed by atoms with Crippen LogP contribution in [0, 0.1) is 10.1 Å². The SMILES string of the molecule is O=C(Cc1cccc(Cl)c1)N1CCN(c2ncccc2[N+](=O)[O-])CC1. The quantitative estimate of drug-likeness (QED) is 0.618. The Hall–Kier alpha value is -2.67. The van der Waals surface area contributed by atoms with Gasteiger partial charge in [-0.3, -0.25) is 14.9 Å². The zero-order valence-electron chi connectivity index (χ0n) is 13.5. The van der Waals surface area contributed by atoms with Gasteiger partial charge in [0.25, 0.3) is 0 Å². The average molecular weight is 361 g/mol. The first-order chi connectivity index (χ1) is 12.0. The predicted molar refractivity (Wildman–Crippen MR) is 94.8 cm³/mol. The van der Waals surface area contributed by atoms with Crippen LogP contribution in [0.3, 0.4) is 0 Å². The second-order valence-corrected chi connectivity index (χ2v) is 6.21. The van der Waals surface area contributed by atoms with Crippen molar-refractivity contribution in [2.24, 2.45) is 0 Å². The molecule has 2 heterocycles. The highest BCUT2D eigenvalue weighted by atomic mass is 35.5. The highest BCUT2D eigenvalue weighted by molar-refractivity contribution is 6.30. The summed E-state index contributed by atoms with van der Waals surface area (Å²) in [6.07, 6.45) is 1.84. The molecule has 8 heteroatoms. The number of benzene rings is 1. The van der Waals surface area contributed by atoms with Crippen molar-refractivity contribution in [3.63, 3.8) is 0 Å². The first-order valence-corrected chi connectivity index (χ1v) is 8.29. The number of carbonyl (C=O) groups excluding carboxylic acids is 1. The van der Waals surface area contributed by atoms with Crippen molar-refractivity contribution < 1.29 is 9.72 Å². The fourth-order valence-corrected chi connectivity index (χ4v) is 3.09. The zero-order chi connectivity index (χ0) is 17.8. The number of nitrogens with zero attached hydrogens (tertiary/aromatic N) is 4. The first-order valence-electron chi connectivity index (χ1n) is 7.91. The van der Waals surface area contributed by atoms with Crippen LogP contribution in [0.4, 0.5) is 11.5 Å². The number of hydrogen-bond acceptors (Lipinski definition) is 5. The number of rotatable bonds is 4. The number of anilines is 1. The summed E-state index contributed by atoms with van der Waals surface area (Å²) in [6, 6.07) is 10.2. The van der Waals surface area contributed by atoms with Crippen LogP contribution < -0.4 is 4.90 Å².